The highest BCUT2D eigenvalue weighted by molar-refractivity contribution is 5.85. The van der Waals surface area contributed by atoms with E-state index >= 15 is 0 Å². The Morgan fingerprint density at radius 3 is 2.39 bits per heavy atom. The number of rotatable bonds is 6. The largest absolute Gasteiger partial charge is 0.492 e. The maximum Gasteiger partial charge on any atom is 0.225 e. The summed E-state index contributed by atoms with van der Waals surface area (Å²) >= 11 is 0. The molecule has 2 bridgehead atoms. The number of nitrogens with one attached hydrogen (secondary N) is 1. The van der Waals surface area contributed by atoms with Gasteiger partial charge < -0.3 is 15.0 Å². The van der Waals surface area contributed by atoms with Gasteiger partial charge in [-0.2, -0.15) is 0 Å². The minimum atomic E-state index is 0. The molecule has 5 heteroatoms. The van der Waals surface area contributed by atoms with Gasteiger partial charge in [0.2, 0.25) is 5.91 Å². The van der Waals surface area contributed by atoms with Crippen molar-refractivity contribution in [2.45, 2.75) is 50.2 Å². The monoisotopic (exact) mass is 400 g/mol. The number of fused-ring (bicyclic) bond motifs is 2. The zero-order valence-corrected chi connectivity index (χ0v) is 17.2. The van der Waals surface area contributed by atoms with E-state index in [4.69, 9.17) is 4.74 Å². The predicted molar refractivity (Wildman–Crippen MR) is 115 cm³/mol. The van der Waals surface area contributed by atoms with Crippen molar-refractivity contribution >= 4 is 18.3 Å². The van der Waals surface area contributed by atoms with Crippen LogP contribution in [0.5, 0.6) is 5.75 Å². The van der Waals surface area contributed by atoms with Gasteiger partial charge in [0.05, 0.1) is 13.0 Å². The topological polar surface area (TPSA) is 41.6 Å². The summed E-state index contributed by atoms with van der Waals surface area (Å²) in [7, 11) is 1.95. The van der Waals surface area contributed by atoms with Crippen LogP contribution in [0, 0.1) is 0 Å². The van der Waals surface area contributed by atoms with Crippen LogP contribution < -0.4 is 10.1 Å². The van der Waals surface area contributed by atoms with E-state index in [9.17, 15) is 4.79 Å². The number of nitrogens with zero attached hydrogens (tertiary/aromatic N) is 1. The van der Waals surface area contributed by atoms with Crippen molar-refractivity contribution in [2.75, 3.05) is 13.7 Å². The third-order valence-electron chi connectivity index (χ3n) is 5.93. The molecule has 4 nitrogen and oxygen atoms in total. The van der Waals surface area contributed by atoms with Gasteiger partial charge in [0.1, 0.15) is 5.75 Å². The lowest BCUT2D eigenvalue weighted by Crippen LogP contribution is -2.48. The second-order valence-corrected chi connectivity index (χ2v) is 7.73. The fourth-order valence-electron chi connectivity index (χ4n) is 4.42. The normalized spacial score (nSPS) is 23.0. The molecule has 0 aromatic heterocycles. The van der Waals surface area contributed by atoms with Gasteiger partial charge in [0, 0.05) is 30.7 Å². The van der Waals surface area contributed by atoms with Gasteiger partial charge >= 0.3 is 0 Å². The first-order chi connectivity index (χ1) is 13.2. The van der Waals surface area contributed by atoms with Gasteiger partial charge in [0.25, 0.3) is 0 Å². The third-order valence-corrected chi connectivity index (χ3v) is 5.93. The molecule has 0 saturated carbocycles. The predicted octanol–water partition coefficient (Wildman–Crippen LogP) is 4.29. The van der Waals surface area contributed by atoms with E-state index in [0.29, 0.717) is 31.2 Å². The summed E-state index contributed by atoms with van der Waals surface area (Å²) in [4.78, 5) is 14.6. The highest BCUT2D eigenvalue weighted by Gasteiger charge is 2.36. The van der Waals surface area contributed by atoms with E-state index in [2.05, 4.69) is 23.5 Å². The number of amides is 1. The summed E-state index contributed by atoms with van der Waals surface area (Å²) < 4.78 is 5.99. The summed E-state index contributed by atoms with van der Waals surface area (Å²) in [6.07, 6.45) is 5.08. The quantitative estimate of drug-likeness (QED) is 0.786. The van der Waals surface area contributed by atoms with Crippen molar-refractivity contribution in [3.63, 3.8) is 0 Å². The minimum absolute atomic E-state index is 0. The summed E-state index contributed by atoms with van der Waals surface area (Å²) in [5.41, 5.74) is 2.19. The highest BCUT2D eigenvalue weighted by atomic mass is 35.5. The van der Waals surface area contributed by atoms with Gasteiger partial charge in [-0.1, -0.05) is 48.5 Å². The number of halogens is 1. The van der Waals surface area contributed by atoms with Crippen LogP contribution in [0.2, 0.25) is 0 Å². The molecule has 2 heterocycles. The Morgan fingerprint density at radius 2 is 1.68 bits per heavy atom. The lowest BCUT2D eigenvalue weighted by molar-refractivity contribution is -0.133. The van der Waals surface area contributed by atoms with E-state index in [1.807, 2.05) is 48.3 Å². The molecule has 2 atom stereocenters. The SMILES string of the molecule is CN(C(=O)CCOc1ccccc1-c1ccccc1)C1CC2CCC(C1)N2.Cl. The number of para-hydroxylation sites is 1. The Bertz CT molecular complexity index is 771. The van der Waals surface area contributed by atoms with E-state index < -0.39 is 0 Å². The molecular formula is C23H29ClN2O2. The molecule has 2 unspecified atom stereocenters. The number of carbonyl (C=O) groups excluding carboxylic acids is 1. The van der Waals surface area contributed by atoms with Crippen LogP contribution in [-0.2, 0) is 4.79 Å². The number of hydrogen-bond acceptors (Lipinski definition) is 3. The van der Waals surface area contributed by atoms with Crippen LogP contribution >= 0.6 is 12.4 Å². The summed E-state index contributed by atoms with van der Waals surface area (Å²) in [5, 5.41) is 3.64. The molecule has 150 valence electrons. The first-order valence-electron chi connectivity index (χ1n) is 9.99. The Labute approximate surface area is 173 Å². The molecule has 2 saturated heterocycles. The smallest absolute Gasteiger partial charge is 0.225 e. The molecule has 28 heavy (non-hydrogen) atoms. The number of benzene rings is 2. The maximum absolute atomic E-state index is 12.6. The highest BCUT2D eigenvalue weighted by Crippen LogP contribution is 2.31. The van der Waals surface area contributed by atoms with E-state index in [1.54, 1.807) is 0 Å². The van der Waals surface area contributed by atoms with E-state index in [0.717, 1.165) is 29.7 Å². The molecule has 2 aromatic carbocycles. The van der Waals surface area contributed by atoms with Crippen LogP contribution in [0.15, 0.2) is 54.6 Å². The van der Waals surface area contributed by atoms with E-state index in [-0.39, 0.29) is 18.3 Å². The van der Waals surface area contributed by atoms with Crippen molar-refractivity contribution in [2.24, 2.45) is 0 Å². The van der Waals surface area contributed by atoms with Crippen molar-refractivity contribution < 1.29 is 9.53 Å². The Morgan fingerprint density at radius 1 is 1.04 bits per heavy atom. The van der Waals surface area contributed by atoms with Crippen molar-refractivity contribution in [3.8, 4) is 16.9 Å². The standard InChI is InChI=1S/C23H28N2O2.ClH/c1-25(20-15-18-11-12-19(16-20)24-18)23(26)13-14-27-22-10-6-5-9-21(22)17-7-3-2-4-8-17;/h2-10,18-20,24H,11-16H2,1H3;1H. The van der Waals surface area contributed by atoms with Gasteiger partial charge in [-0.15, -0.1) is 12.4 Å². The van der Waals surface area contributed by atoms with Gasteiger partial charge in [-0.3, -0.25) is 4.79 Å². The number of carbonyl (C=O) groups is 1. The summed E-state index contributed by atoms with van der Waals surface area (Å²) in [6.45, 7) is 0.408. The molecule has 0 aliphatic carbocycles. The zero-order valence-electron chi connectivity index (χ0n) is 16.3. The summed E-state index contributed by atoms with van der Waals surface area (Å²) in [6, 6.07) is 19.8. The van der Waals surface area contributed by atoms with E-state index in [1.165, 1.54) is 12.8 Å². The van der Waals surface area contributed by atoms with Crippen LogP contribution in [0.4, 0.5) is 0 Å². The van der Waals surface area contributed by atoms with Crippen LogP contribution in [0.25, 0.3) is 11.1 Å². The fraction of sp³-hybridized carbons (Fsp3) is 0.435. The van der Waals surface area contributed by atoms with Gasteiger partial charge in [-0.25, -0.2) is 0 Å². The van der Waals surface area contributed by atoms with Crippen molar-refractivity contribution in [1.82, 2.24) is 10.2 Å². The molecule has 2 fully saturated rings. The Balaban J connectivity index is 0.00000225. The minimum Gasteiger partial charge on any atom is -0.492 e. The maximum atomic E-state index is 12.6. The van der Waals surface area contributed by atoms with Crippen LogP contribution in [0.1, 0.15) is 32.1 Å². The lowest BCUT2D eigenvalue weighted by atomic mass is 9.98. The molecule has 2 aliphatic heterocycles. The number of ether oxygens (including phenoxy) is 1. The molecule has 2 aromatic rings. The van der Waals surface area contributed by atoms with Crippen LogP contribution in [-0.4, -0.2) is 42.6 Å². The molecule has 4 rings (SSSR count). The first kappa shape index (κ1) is 20.7. The van der Waals surface area contributed by atoms with Crippen LogP contribution in [0.3, 0.4) is 0 Å². The molecule has 1 amide bonds. The number of piperidine rings is 1. The second-order valence-electron chi connectivity index (χ2n) is 7.73. The molecule has 0 radical (unpaired) electrons. The molecule has 0 spiro atoms. The second kappa shape index (κ2) is 9.44. The number of hydrogen-bond donors (Lipinski definition) is 1. The Kier molecular flexibility index (Phi) is 6.97. The van der Waals surface area contributed by atoms with Crippen molar-refractivity contribution in [1.29, 1.82) is 0 Å². The average Bonchev–Trinajstić information content (AvgIpc) is 3.06. The summed E-state index contributed by atoms with van der Waals surface area (Å²) in [5.74, 6) is 1.01. The van der Waals surface area contributed by atoms with Crippen molar-refractivity contribution in [3.05, 3.63) is 54.6 Å². The molecule has 1 N–H and O–H groups in total. The first-order valence-corrected chi connectivity index (χ1v) is 9.99. The molecular weight excluding hydrogens is 372 g/mol. The average molecular weight is 401 g/mol. The molecule has 2 aliphatic rings. The lowest BCUT2D eigenvalue weighted by Gasteiger charge is -2.35. The van der Waals surface area contributed by atoms with Gasteiger partial charge in [0.15, 0.2) is 0 Å². The fourth-order valence-corrected chi connectivity index (χ4v) is 4.42. The Hall–Kier alpha value is -2.04. The van der Waals surface area contributed by atoms with Gasteiger partial charge in [-0.05, 0) is 37.3 Å². The zero-order chi connectivity index (χ0) is 18.6. The third kappa shape index (κ3) is 4.68.